The lowest BCUT2D eigenvalue weighted by atomic mass is 9.91. The second-order valence-corrected chi connectivity index (χ2v) is 6.43. The van der Waals surface area contributed by atoms with Crippen molar-refractivity contribution in [2.24, 2.45) is 0 Å². The Hall–Kier alpha value is -0.160. The first kappa shape index (κ1) is 16.9. The summed E-state index contributed by atoms with van der Waals surface area (Å²) in [5, 5.41) is 3.30. The fraction of sp³-hybridized carbons (Fsp3) is 1.00. The average molecular weight is 272 g/mol. The fourth-order valence-electron chi connectivity index (χ4n) is 2.33. The molecule has 0 spiro atoms. The Bertz CT molecular complexity index is 245. The highest BCUT2D eigenvalue weighted by Gasteiger charge is 2.28. The largest absolute Gasteiger partial charge is 0.381 e. The molecular formula is C15H32N2O2. The zero-order chi connectivity index (χ0) is 14.4. The van der Waals surface area contributed by atoms with Crippen molar-refractivity contribution in [3.63, 3.8) is 0 Å². The Morgan fingerprint density at radius 3 is 1.53 bits per heavy atom. The van der Waals surface area contributed by atoms with Crippen LogP contribution >= 0.6 is 0 Å². The Balaban J connectivity index is 0.000000191. The molecule has 0 atom stereocenters. The molecule has 0 saturated carbocycles. The van der Waals surface area contributed by atoms with E-state index < -0.39 is 0 Å². The van der Waals surface area contributed by atoms with Crippen LogP contribution in [0.15, 0.2) is 0 Å². The molecule has 0 radical (unpaired) electrons. The molecule has 2 rings (SSSR count). The van der Waals surface area contributed by atoms with Crippen LogP contribution < -0.4 is 5.32 Å². The molecule has 0 unspecified atom stereocenters. The molecule has 2 aliphatic rings. The smallest absolute Gasteiger partial charge is 0.0483 e. The number of rotatable bonds is 2. The van der Waals surface area contributed by atoms with Gasteiger partial charge in [-0.25, -0.2) is 0 Å². The summed E-state index contributed by atoms with van der Waals surface area (Å²) in [5.41, 5.74) is 0.733. The molecule has 4 nitrogen and oxygen atoms in total. The summed E-state index contributed by atoms with van der Waals surface area (Å²) >= 11 is 0. The van der Waals surface area contributed by atoms with E-state index in [0.29, 0.717) is 11.1 Å². The monoisotopic (exact) mass is 272 g/mol. The molecule has 0 amide bonds. The van der Waals surface area contributed by atoms with Gasteiger partial charge in [0.05, 0.1) is 0 Å². The van der Waals surface area contributed by atoms with Gasteiger partial charge in [0.25, 0.3) is 0 Å². The SMILES string of the molecule is CN(C)C1(C)CCOCC1.CNC1(C)CCOCC1. The summed E-state index contributed by atoms with van der Waals surface area (Å²) in [7, 11) is 6.31. The first-order chi connectivity index (χ1) is 8.92. The van der Waals surface area contributed by atoms with Crippen molar-refractivity contribution in [2.75, 3.05) is 47.6 Å². The van der Waals surface area contributed by atoms with Gasteiger partial charge in [-0.3, -0.25) is 0 Å². The van der Waals surface area contributed by atoms with Crippen molar-refractivity contribution in [2.45, 2.75) is 50.6 Å². The maximum absolute atomic E-state index is 5.29. The van der Waals surface area contributed by atoms with Gasteiger partial charge in [0.15, 0.2) is 0 Å². The maximum atomic E-state index is 5.29. The van der Waals surface area contributed by atoms with Crippen LogP contribution in [0.25, 0.3) is 0 Å². The van der Waals surface area contributed by atoms with Crippen molar-refractivity contribution in [3.8, 4) is 0 Å². The van der Waals surface area contributed by atoms with Crippen LogP contribution in [0.2, 0.25) is 0 Å². The van der Waals surface area contributed by atoms with Crippen molar-refractivity contribution in [3.05, 3.63) is 0 Å². The lowest BCUT2D eigenvalue weighted by Gasteiger charge is -2.39. The Morgan fingerprint density at radius 1 is 0.842 bits per heavy atom. The molecule has 2 heterocycles. The van der Waals surface area contributed by atoms with E-state index in [1.165, 1.54) is 12.8 Å². The second kappa shape index (κ2) is 7.58. The zero-order valence-electron chi connectivity index (χ0n) is 13.4. The minimum absolute atomic E-state index is 0.345. The third-order valence-corrected chi connectivity index (χ3v) is 4.85. The van der Waals surface area contributed by atoms with E-state index in [9.17, 15) is 0 Å². The van der Waals surface area contributed by atoms with Crippen molar-refractivity contribution >= 4 is 0 Å². The van der Waals surface area contributed by atoms with Gasteiger partial charge < -0.3 is 19.7 Å². The summed E-state index contributed by atoms with van der Waals surface area (Å²) in [6.07, 6.45) is 4.62. The van der Waals surface area contributed by atoms with Gasteiger partial charge in [0.1, 0.15) is 0 Å². The van der Waals surface area contributed by atoms with Crippen molar-refractivity contribution in [1.29, 1.82) is 0 Å². The zero-order valence-corrected chi connectivity index (χ0v) is 13.4. The van der Waals surface area contributed by atoms with Gasteiger partial charge in [-0.05, 0) is 60.7 Å². The van der Waals surface area contributed by atoms with Gasteiger partial charge in [0, 0.05) is 37.5 Å². The summed E-state index contributed by atoms with van der Waals surface area (Å²) < 4.78 is 10.5. The highest BCUT2D eigenvalue weighted by Crippen LogP contribution is 2.24. The summed E-state index contributed by atoms with van der Waals surface area (Å²) in [4.78, 5) is 2.30. The summed E-state index contributed by atoms with van der Waals surface area (Å²) in [6.45, 7) is 8.23. The standard InChI is InChI=1S/C8H17NO.C7H15NO/c1-8(9(2)3)4-6-10-7-5-8;1-7(8-2)3-5-9-6-4-7/h4-7H2,1-3H3;8H,3-6H2,1-2H3. The minimum atomic E-state index is 0.345. The van der Waals surface area contributed by atoms with Gasteiger partial charge >= 0.3 is 0 Å². The highest BCUT2D eigenvalue weighted by atomic mass is 16.5. The van der Waals surface area contributed by atoms with Crippen LogP contribution in [0.3, 0.4) is 0 Å². The highest BCUT2D eigenvalue weighted by molar-refractivity contribution is 4.84. The van der Waals surface area contributed by atoms with E-state index in [2.05, 4.69) is 38.2 Å². The first-order valence-corrected chi connectivity index (χ1v) is 7.44. The summed E-state index contributed by atoms with van der Waals surface area (Å²) in [5.74, 6) is 0. The third kappa shape index (κ3) is 5.38. The molecule has 2 saturated heterocycles. The molecule has 0 aromatic rings. The molecule has 114 valence electrons. The van der Waals surface area contributed by atoms with Crippen molar-refractivity contribution < 1.29 is 9.47 Å². The van der Waals surface area contributed by atoms with E-state index >= 15 is 0 Å². The second-order valence-electron chi connectivity index (χ2n) is 6.43. The van der Waals surface area contributed by atoms with Crippen LogP contribution in [0.1, 0.15) is 39.5 Å². The van der Waals surface area contributed by atoms with Gasteiger partial charge in [-0.15, -0.1) is 0 Å². The molecule has 2 aliphatic heterocycles. The van der Waals surface area contributed by atoms with Gasteiger partial charge in [0.2, 0.25) is 0 Å². The number of nitrogens with one attached hydrogen (secondary N) is 1. The van der Waals surface area contributed by atoms with Crippen LogP contribution in [0.4, 0.5) is 0 Å². The molecule has 0 aliphatic carbocycles. The molecule has 4 heteroatoms. The normalized spacial score (nSPS) is 25.6. The number of ether oxygens (including phenoxy) is 2. The third-order valence-electron chi connectivity index (χ3n) is 4.85. The average Bonchev–Trinajstić information content (AvgIpc) is 2.41. The van der Waals surface area contributed by atoms with E-state index in [1.54, 1.807) is 0 Å². The van der Waals surface area contributed by atoms with Gasteiger partial charge in [-0.2, -0.15) is 0 Å². The van der Waals surface area contributed by atoms with Crippen LogP contribution in [-0.2, 0) is 9.47 Å². The number of hydrogen-bond acceptors (Lipinski definition) is 4. The van der Waals surface area contributed by atoms with E-state index in [4.69, 9.17) is 9.47 Å². The van der Waals surface area contributed by atoms with Gasteiger partial charge in [-0.1, -0.05) is 0 Å². The lowest BCUT2D eigenvalue weighted by molar-refractivity contribution is 0.00239. The predicted molar refractivity (Wildman–Crippen MR) is 79.7 cm³/mol. The molecular weight excluding hydrogens is 240 g/mol. The molecule has 0 bridgehead atoms. The maximum Gasteiger partial charge on any atom is 0.0483 e. The van der Waals surface area contributed by atoms with Crippen LogP contribution in [0, 0.1) is 0 Å². The quantitative estimate of drug-likeness (QED) is 0.832. The van der Waals surface area contributed by atoms with E-state index in [-0.39, 0.29) is 0 Å². The van der Waals surface area contributed by atoms with Crippen LogP contribution in [-0.4, -0.2) is 63.5 Å². The molecule has 0 aromatic heterocycles. The number of nitrogens with zero attached hydrogens (tertiary/aromatic N) is 1. The fourth-order valence-corrected chi connectivity index (χ4v) is 2.33. The molecule has 1 N–H and O–H groups in total. The van der Waals surface area contributed by atoms with Crippen molar-refractivity contribution in [1.82, 2.24) is 10.2 Å². The first-order valence-electron chi connectivity index (χ1n) is 7.44. The summed E-state index contributed by atoms with van der Waals surface area (Å²) in [6, 6.07) is 0. The minimum Gasteiger partial charge on any atom is -0.381 e. The topological polar surface area (TPSA) is 33.7 Å². The van der Waals surface area contributed by atoms with E-state index in [0.717, 1.165) is 39.3 Å². The van der Waals surface area contributed by atoms with E-state index in [1.807, 2.05) is 7.05 Å². The molecule has 2 fully saturated rings. The lowest BCUT2D eigenvalue weighted by Crippen LogP contribution is -2.45. The Kier molecular flexibility index (Phi) is 6.74. The molecule has 0 aromatic carbocycles. The Morgan fingerprint density at radius 2 is 1.26 bits per heavy atom. The predicted octanol–water partition coefficient (Wildman–Crippen LogP) is 1.89. The van der Waals surface area contributed by atoms with Crippen LogP contribution in [0.5, 0.6) is 0 Å². The number of hydrogen-bond donors (Lipinski definition) is 1. The Labute approximate surface area is 118 Å². The molecule has 19 heavy (non-hydrogen) atoms.